The highest BCUT2D eigenvalue weighted by Gasteiger charge is 2.00. The van der Waals surface area contributed by atoms with Crippen LogP contribution in [0.1, 0.15) is 97.8 Å². The molecule has 0 radical (unpaired) electrons. The Kier molecular flexibility index (Phi) is 15.4. The molecule has 0 aromatic carbocycles. The zero-order valence-corrected chi connectivity index (χ0v) is 14.9. The minimum atomic E-state index is 0.383. The van der Waals surface area contributed by atoms with E-state index in [2.05, 4.69) is 13.8 Å². The summed E-state index contributed by atoms with van der Waals surface area (Å²) in [6.07, 6.45) is 15.7. The van der Waals surface area contributed by atoms with E-state index in [1.54, 1.807) is 0 Å². The van der Waals surface area contributed by atoms with Gasteiger partial charge in [0.15, 0.2) is 5.12 Å². The maximum Gasteiger partial charge on any atom is 0.188 e. The van der Waals surface area contributed by atoms with E-state index in [4.69, 9.17) is 0 Å². The highest BCUT2D eigenvalue weighted by molar-refractivity contribution is 8.13. The summed E-state index contributed by atoms with van der Waals surface area (Å²) < 4.78 is 0. The van der Waals surface area contributed by atoms with E-state index in [-0.39, 0.29) is 0 Å². The molecule has 0 N–H and O–H groups in total. The third kappa shape index (κ3) is 16.1. The Bertz CT molecular complexity index is 213. The van der Waals surface area contributed by atoms with E-state index in [1.807, 2.05) is 6.92 Å². The molecule has 0 aliphatic heterocycles. The van der Waals surface area contributed by atoms with E-state index in [0.29, 0.717) is 5.12 Å². The lowest BCUT2D eigenvalue weighted by Crippen LogP contribution is -1.92. The molecule has 0 amide bonds. The second-order valence-corrected chi connectivity index (χ2v) is 7.59. The van der Waals surface area contributed by atoms with Crippen LogP contribution in [0.25, 0.3) is 0 Å². The summed E-state index contributed by atoms with van der Waals surface area (Å²) in [5.74, 6) is 1.80. The van der Waals surface area contributed by atoms with Gasteiger partial charge in [0.05, 0.1) is 0 Å². The van der Waals surface area contributed by atoms with Crippen molar-refractivity contribution in [1.82, 2.24) is 0 Å². The maximum atomic E-state index is 11.3. The Morgan fingerprint density at radius 3 is 1.70 bits per heavy atom. The standard InChI is InChI=1S/C18H36OS/c1-4-20-18(19)16-14-12-10-8-6-5-7-9-11-13-15-17(2)3/h17H,4-16H2,1-3H3. The lowest BCUT2D eigenvalue weighted by Gasteiger charge is -2.04. The Morgan fingerprint density at radius 1 is 0.800 bits per heavy atom. The number of unbranched alkanes of at least 4 members (excludes halogenated alkanes) is 9. The second kappa shape index (κ2) is 15.4. The van der Waals surface area contributed by atoms with Crippen molar-refractivity contribution in [3.05, 3.63) is 0 Å². The molecule has 0 saturated heterocycles. The van der Waals surface area contributed by atoms with Crippen molar-refractivity contribution < 1.29 is 4.79 Å². The predicted molar refractivity (Wildman–Crippen MR) is 93.4 cm³/mol. The second-order valence-electron chi connectivity index (χ2n) is 6.27. The average Bonchev–Trinajstić information content (AvgIpc) is 2.40. The molecule has 2 heteroatoms. The highest BCUT2D eigenvalue weighted by Crippen LogP contribution is 2.14. The SMILES string of the molecule is CCSC(=O)CCCCCCCCCCCCC(C)C. The van der Waals surface area contributed by atoms with Gasteiger partial charge in [-0.05, 0) is 18.1 Å². The van der Waals surface area contributed by atoms with Gasteiger partial charge in [-0.15, -0.1) is 0 Å². The van der Waals surface area contributed by atoms with Gasteiger partial charge in [-0.3, -0.25) is 4.79 Å². The first-order valence-electron chi connectivity index (χ1n) is 8.82. The van der Waals surface area contributed by atoms with Crippen molar-refractivity contribution in [2.45, 2.75) is 97.8 Å². The van der Waals surface area contributed by atoms with Crippen LogP contribution in [0.15, 0.2) is 0 Å². The quantitative estimate of drug-likeness (QED) is 0.336. The molecule has 0 spiro atoms. The van der Waals surface area contributed by atoms with E-state index >= 15 is 0 Å². The zero-order chi connectivity index (χ0) is 15.1. The molecule has 20 heavy (non-hydrogen) atoms. The predicted octanol–water partition coefficient (Wildman–Crippen LogP) is 6.60. The number of hydrogen-bond donors (Lipinski definition) is 0. The van der Waals surface area contributed by atoms with Crippen LogP contribution in [0, 0.1) is 5.92 Å². The highest BCUT2D eigenvalue weighted by atomic mass is 32.2. The van der Waals surface area contributed by atoms with Crippen molar-refractivity contribution in [2.75, 3.05) is 5.75 Å². The summed E-state index contributed by atoms with van der Waals surface area (Å²) >= 11 is 1.48. The van der Waals surface area contributed by atoms with Gasteiger partial charge in [-0.2, -0.15) is 0 Å². The van der Waals surface area contributed by atoms with Crippen LogP contribution in [0.5, 0.6) is 0 Å². The van der Waals surface area contributed by atoms with Gasteiger partial charge in [-0.25, -0.2) is 0 Å². The minimum Gasteiger partial charge on any atom is -0.287 e. The van der Waals surface area contributed by atoms with Gasteiger partial charge in [0, 0.05) is 6.42 Å². The molecule has 0 fully saturated rings. The molecule has 120 valence electrons. The van der Waals surface area contributed by atoms with Gasteiger partial charge in [-0.1, -0.05) is 96.7 Å². The Morgan fingerprint density at radius 2 is 1.25 bits per heavy atom. The van der Waals surface area contributed by atoms with Gasteiger partial charge in [0.1, 0.15) is 0 Å². The summed E-state index contributed by atoms with van der Waals surface area (Å²) in [4.78, 5) is 11.3. The van der Waals surface area contributed by atoms with Crippen molar-refractivity contribution in [3.63, 3.8) is 0 Å². The number of thioether (sulfide) groups is 1. The average molecular weight is 301 g/mol. The van der Waals surface area contributed by atoms with Crippen molar-refractivity contribution in [3.8, 4) is 0 Å². The van der Waals surface area contributed by atoms with E-state index < -0.39 is 0 Å². The molecule has 0 saturated carbocycles. The zero-order valence-electron chi connectivity index (χ0n) is 14.1. The molecule has 0 aliphatic carbocycles. The summed E-state index contributed by atoms with van der Waals surface area (Å²) in [7, 11) is 0. The summed E-state index contributed by atoms with van der Waals surface area (Å²) in [5, 5.41) is 0.383. The Hall–Kier alpha value is 0.0200. The van der Waals surface area contributed by atoms with E-state index in [1.165, 1.54) is 76.0 Å². The molecule has 0 aromatic heterocycles. The van der Waals surface area contributed by atoms with Crippen LogP contribution in [0.4, 0.5) is 0 Å². The number of carbonyl (C=O) groups is 1. The molecule has 0 heterocycles. The summed E-state index contributed by atoms with van der Waals surface area (Å²) in [6.45, 7) is 6.68. The normalized spacial score (nSPS) is 11.2. The minimum absolute atomic E-state index is 0.383. The summed E-state index contributed by atoms with van der Waals surface area (Å²) in [6, 6.07) is 0. The van der Waals surface area contributed by atoms with Crippen LogP contribution in [0.3, 0.4) is 0 Å². The van der Waals surface area contributed by atoms with Gasteiger partial charge >= 0.3 is 0 Å². The van der Waals surface area contributed by atoms with Crippen molar-refractivity contribution in [1.29, 1.82) is 0 Å². The molecule has 0 rings (SSSR count). The number of carbonyl (C=O) groups excluding carboxylic acids is 1. The third-order valence-corrected chi connectivity index (χ3v) is 4.53. The first-order chi connectivity index (χ1) is 9.66. The lowest BCUT2D eigenvalue weighted by molar-refractivity contribution is -0.111. The smallest absolute Gasteiger partial charge is 0.188 e. The van der Waals surface area contributed by atoms with E-state index in [9.17, 15) is 4.79 Å². The Labute approximate surface area is 131 Å². The largest absolute Gasteiger partial charge is 0.287 e. The van der Waals surface area contributed by atoms with Crippen LogP contribution in [-0.2, 0) is 4.79 Å². The van der Waals surface area contributed by atoms with Crippen LogP contribution in [0.2, 0.25) is 0 Å². The fourth-order valence-electron chi connectivity index (χ4n) is 2.47. The van der Waals surface area contributed by atoms with Crippen LogP contribution in [-0.4, -0.2) is 10.9 Å². The maximum absolute atomic E-state index is 11.3. The summed E-state index contributed by atoms with van der Waals surface area (Å²) in [5.41, 5.74) is 0. The van der Waals surface area contributed by atoms with Gasteiger partial charge < -0.3 is 0 Å². The van der Waals surface area contributed by atoms with Gasteiger partial charge in [0.25, 0.3) is 0 Å². The third-order valence-electron chi connectivity index (χ3n) is 3.72. The molecule has 0 unspecified atom stereocenters. The first kappa shape index (κ1) is 20.0. The topological polar surface area (TPSA) is 17.1 Å². The fraction of sp³-hybridized carbons (Fsp3) is 0.944. The molecular formula is C18H36OS. The first-order valence-corrected chi connectivity index (χ1v) is 9.81. The fourth-order valence-corrected chi connectivity index (χ4v) is 3.08. The van der Waals surface area contributed by atoms with Gasteiger partial charge in [0.2, 0.25) is 0 Å². The molecule has 0 atom stereocenters. The molecule has 1 nitrogen and oxygen atoms in total. The molecule has 0 bridgehead atoms. The molecule has 0 aliphatic rings. The molecular weight excluding hydrogens is 264 g/mol. The monoisotopic (exact) mass is 300 g/mol. The number of rotatable bonds is 14. The van der Waals surface area contributed by atoms with Crippen molar-refractivity contribution >= 4 is 16.9 Å². The van der Waals surface area contributed by atoms with Crippen LogP contribution >= 0.6 is 11.8 Å². The Balaban J connectivity index is 3.04. The van der Waals surface area contributed by atoms with Crippen LogP contribution < -0.4 is 0 Å². The lowest BCUT2D eigenvalue weighted by atomic mass is 10.0. The number of hydrogen-bond acceptors (Lipinski definition) is 2. The molecule has 0 aromatic rings. The van der Waals surface area contributed by atoms with E-state index in [0.717, 1.165) is 24.5 Å². The van der Waals surface area contributed by atoms with Crippen molar-refractivity contribution in [2.24, 2.45) is 5.92 Å².